The third-order valence-corrected chi connectivity index (χ3v) is 5.10. The van der Waals surface area contributed by atoms with Gasteiger partial charge in [0.1, 0.15) is 11.5 Å². The van der Waals surface area contributed by atoms with E-state index in [1.165, 1.54) is 0 Å². The Balaban J connectivity index is 1.56. The molecule has 0 unspecified atom stereocenters. The Bertz CT molecular complexity index is 1200. The highest BCUT2D eigenvalue weighted by Gasteiger charge is 2.14. The van der Waals surface area contributed by atoms with E-state index in [9.17, 15) is 0 Å². The number of aliphatic hydroxyl groups excluding tert-OH is 1. The van der Waals surface area contributed by atoms with Crippen LogP contribution in [0.25, 0.3) is 22.4 Å². The molecule has 0 saturated carbocycles. The Morgan fingerprint density at radius 1 is 0.939 bits per heavy atom. The van der Waals surface area contributed by atoms with Gasteiger partial charge in [-0.15, -0.1) is 0 Å². The number of likely N-dealkylation sites (N-methyl/N-ethyl adjacent to an activating group) is 1. The van der Waals surface area contributed by atoms with Crippen LogP contribution in [0.2, 0.25) is 0 Å². The predicted molar refractivity (Wildman–Crippen MR) is 127 cm³/mol. The van der Waals surface area contributed by atoms with Crippen molar-refractivity contribution in [2.75, 3.05) is 33.4 Å². The van der Waals surface area contributed by atoms with Gasteiger partial charge in [0.15, 0.2) is 17.3 Å². The summed E-state index contributed by atoms with van der Waals surface area (Å²) in [5.74, 6) is 2.47. The Morgan fingerprint density at radius 2 is 1.79 bits per heavy atom. The topological polar surface area (TPSA) is 93.5 Å². The van der Waals surface area contributed by atoms with Crippen LogP contribution in [0.5, 0.6) is 17.2 Å². The fraction of sp³-hybridized carbons (Fsp3) is 0.280. The van der Waals surface area contributed by atoms with E-state index in [0.29, 0.717) is 36.2 Å². The van der Waals surface area contributed by atoms with Crippen LogP contribution in [0.3, 0.4) is 0 Å². The zero-order valence-corrected chi connectivity index (χ0v) is 18.8. The van der Waals surface area contributed by atoms with Crippen LogP contribution in [0, 0.1) is 6.92 Å². The van der Waals surface area contributed by atoms with Crippen molar-refractivity contribution < 1.29 is 14.6 Å². The second-order valence-corrected chi connectivity index (χ2v) is 7.69. The fourth-order valence-corrected chi connectivity index (χ4v) is 3.41. The average Bonchev–Trinajstić information content (AvgIpc) is 2.84. The summed E-state index contributed by atoms with van der Waals surface area (Å²) in [6.45, 7) is 4.17. The molecule has 8 nitrogen and oxygen atoms in total. The van der Waals surface area contributed by atoms with E-state index in [4.69, 9.17) is 14.6 Å². The average molecular weight is 446 g/mol. The molecule has 0 amide bonds. The third-order valence-electron chi connectivity index (χ3n) is 5.10. The van der Waals surface area contributed by atoms with E-state index in [-0.39, 0.29) is 6.61 Å². The quantitative estimate of drug-likeness (QED) is 0.368. The van der Waals surface area contributed by atoms with Crippen molar-refractivity contribution in [3.63, 3.8) is 0 Å². The minimum absolute atomic E-state index is 0.159. The molecule has 0 atom stereocenters. The smallest absolute Gasteiger partial charge is 0.181 e. The second-order valence-electron chi connectivity index (χ2n) is 7.69. The molecule has 0 fully saturated rings. The zero-order valence-electron chi connectivity index (χ0n) is 18.8. The molecule has 0 aliphatic heterocycles. The summed E-state index contributed by atoms with van der Waals surface area (Å²) in [7, 11) is 1.98. The molecular formula is C25H27N5O3. The lowest BCUT2D eigenvalue weighted by molar-refractivity contribution is 0.207. The molecule has 4 aromatic rings. The van der Waals surface area contributed by atoms with Crippen molar-refractivity contribution in [3.05, 3.63) is 66.7 Å². The Labute approximate surface area is 192 Å². The minimum atomic E-state index is 0.159. The highest BCUT2D eigenvalue weighted by atomic mass is 16.5. The zero-order chi connectivity index (χ0) is 23.0. The maximum atomic E-state index is 9.00. The summed E-state index contributed by atoms with van der Waals surface area (Å²) in [6.07, 6.45) is 5.95. The first-order chi connectivity index (χ1) is 16.1. The van der Waals surface area contributed by atoms with Gasteiger partial charge < -0.3 is 19.5 Å². The number of pyridine rings is 2. The maximum Gasteiger partial charge on any atom is 0.181 e. The number of fused-ring (bicyclic) bond motifs is 1. The standard InChI is InChI=1S/C25H27N5O3/c1-18-5-8-23(24(29-18)25-27-10-3-11-28-25)33-22-9-12-26-21-7-6-19(17-20(21)22)32-16-4-13-30(2)14-15-31/h3,5-12,17,31H,4,13-16H2,1-2H3. The van der Waals surface area contributed by atoms with E-state index in [1.807, 2.05) is 50.4 Å². The first-order valence-corrected chi connectivity index (χ1v) is 10.9. The number of aromatic nitrogens is 4. The first-order valence-electron chi connectivity index (χ1n) is 10.9. The maximum absolute atomic E-state index is 9.00. The van der Waals surface area contributed by atoms with Crippen molar-refractivity contribution in [1.82, 2.24) is 24.8 Å². The van der Waals surface area contributed by atoms with Crippen molar-refractivity contribution in [2.45, 2.75) is 13.3 Å². The van der Waals surface area contributed by atoms with Gasteiger partial charge in [-0.3, -0.25) is 4.98 Å². The molecule has 1 aromatic carbocycles. The van der Waals surface area contributed by atoms with Crippen LogP contribution in [0.15, 0.2) is 61.1 Å². The summed E-state index contributed by atoms with van der Waals surface area (Å²) in [4.78, 5) is 19.8. The molecule has 3 aromatic heterocycles. The number of aliphatic hydroxyl groups is 1. The van der Waals surface area contributed by atoms with E-state index in [0.717, 1.165) is 35.3 Å². The van der Waals surface area contributed by atoms with E-state index < -0.39 is 0 Å². The van der Waals surface area contributed by atoms with Gasteiger partial charge in [0.25, 0.3) is 0 Å². The highest BCUT2D eigenvalue weighted by molar-refractivity contribution is 5.86. The number of nitrogens with zero attached hydrogens (tertiary/aromatic N) is 5. The van der Waals surface area contributed by atoms with Gasteiger partial charge in [0.2, 0.25) is 0 Å². The molecule has 0 spiro atoms. The normalized spacial score (nSPS) is 11.2. The largest absolute Gasteiger partial charge is 0.494 e. The molecule has 0 aliphatic carbocycles. The third kappa shape index (κ3) is 5.79. The molecule has 4 rings (SSSR count). The van der Waals surface area contributed by atoms with Gasteiger partial charge in [-0.1, -0.05) is 0 Å². The Hall–Kier alpha value is -3.62. The first kappa shape index (κ1) is 22.6. The minimum Gasteiger partial charge on any atom is -0.494 e. The predicted octanol–water partition coefficient (Wildman–Crippen LogP) is 3.88. The van der Waals surface area contributed by atoms with Gasteiger partial charge in [0.05, 0.1) is 18.7 Å². The van der Waals surface area contributed by atoms with Crippen LogP contribution in [-0.4, -0.2) is 63.3 Å². The molecule has 0 radical (unpaired) electrons. The Kier molecular flexibility index (Phi) is 7.39. The summed E-state index contributed by atoms with van der Waals surface area (Å²) in [5, 5.41) is 9.84. The van der Waals surface area contributed by atoms with Crippen LogP contribution >= 0.6 is 0 Å². The molecule has 3 heterocycles. The van der Waals surface area contributed by atoms with Crippen LogP contribution in [0.1, 0.15) is 12.1 Å². The molecule has 33 heavy (non-hydrogen) atoms. The lowest BCUT2D eigenvalue weighted by Crippen LogP contribution is -2.24. The number of rotatable bonds is 10. The molecule has 1 N–H and O–H groups in total. The van der Waals surface area contributed by atoms with Crippen LogP contribution in [0.4, 0.5) is 0 Å². The number of ether oxygens (including phenoxy) is 2. The van der Waals surface area contributed by atoms with Gasteiger partial charge in [-0.2, -0.15) is 0 Å². The SMILES string of the molecule is Cc1ccc(Oc2ccnc3ccc(OCCCN(C)CCO)cc23)c(-c2ncccn2)n1. The molecule has 0 bridgehead atoms. The van der Waals surface area contributed by atoms with E-state index in [2.05, 4.69) is 24.8 Å². The van der Waals surface area contributed by atoms with Gasteiger partial charge in [-0.05, 0) is 62.9 Å². The van der Waals surface area contributed by atoms with Crippen LogP contribution in [-0.2, 0) is 0 Å². The highest BCUT2D eigenvalue weighted by Crippen LogP contribution is 2.35. The number of hydrogen-bond acceptors (Lipinski definition) is 8. The molecule has 170 valence electrons. The molecule has 0 aliphatic rings. The van der Waals surface area contributed by atoms with Crippen molar-refractivity contribution in [2.24, 2.45) is 0 Å². The summed E-state index contributed by atoms with van der Waals surface area (Å²) < 4.78 is 12.3. The molecular weight excluding hydrogens is 418 g/mol. The van der Waals surface area contributed by atoms with E-state index >= 15 is 0 Å². The summed E-state index contributed by atoms with van der Waals surface area (Å²) in [6, 6.07) is 13.1. The van der Waals surface area contributed by atoms with Crippen LogP contribution < -0.4 is 9.47 Å². The van der Waals surface area contributed by atoms with Crippen molar-refractivity contribution in [1.29, 1.82) is 0 Å². The van der Waals surface area contributed by atoms with Gasteiger partial charge in [0, 0.05) is 42.8 Å². The van der Waals surface area contributed by atoms with Crippen molar-refractivity contribution in [3.8, 4) is 28.8 Å². The van der Waals surface area contributed by atoms with Crippen molar-refractivity contribution >= 4 is 10.9 Å². The second kappa shape index (κ2) is 10.8. The number of benzene rings is 1. The molecule has 8 heteroatoms. The van der Waals surface area contributed by atoms with Gasteiger partial charge >= 0.3 is 0 Å². The van der Waals surface area contributed by atoms with E-state index in [1.54, 1.807) is 24.7 Å². The Morgan fingerprint density at radius 3 is 2.61 bits per heavy atom. The lowest BCUT2D eigenvalue weighted by atomic mass is 10.2. The number of aryl methyl sites for hydroxylation is 1. The fourth-order valence-electron chi connectivity index (χ4n) is 3.41. The number of hydrogen-bond donors (Lipinski definition) is 1. The van der Waals surface area contributed by atoms with Gasteiger partial charge in [-0.25, -0.2) is 15.0 Å². The summed E-state index contributed by atoms with van der Waals surface area (Å²) >= 11 is 0. The summed E-state index contributed by atoms with van der Waals surface area (Å²) in [5.41, 5.74) is 2.24. The monoisotopic (exact) mass is 445 g/mol. The molecule has 0 saturated heterocycles. The lowest BCUT2D eigenvalue weighted by Gasteiger charge is -2.15.